The third-order valence-corrected chi connectivity index (χ3v) is 9.88. The van der Waals surface area contributed by atoms with Gasteiger partial charge in [0.25, 0.3) is 0 Å². The van der Waals surface area contributed by atoms with Crippen molar-refractivity contribution in [2.24, 2.45) is 11.8 Å². The predicted octanol–water partition coefficient (Wildman–Crippen LogP) is -2.40. The largest absolute Gasteiger partial charge is 1.00 e. The monoisotopic (exact) mass is 641 g/mol. The third-order valence-electron chi connectivity index (χ3n) is 7.49. The van der Waals surface area contributed by atoms with E-state index in [0.717, 1.165) is 32.1 Å². The maximum Gasteiger partial charge on any atom is 1.00 e. The molecule has 1 saturated heterocycles. The van der Waals surface area contributed by atoms with Crippen LogP contribution >= 0.6 is 0 Å². The Bertz CT molecular complexity index is 1230. The van der Waals surface area contributed by atoms with Crippen LogP contribution in [-0.4, -0.2) is 81.8 Å². The number of hydrogen-bond acceptors (Lipinski definition) is 10. The number of carbonyl (C=O) groups is 2. The average Bonchev–Trinajstić information content (AvgIpc) is 3.34. The number of sulfonamides is 1. The van der Waals surface area contributed by atoms with Gasteiger partial charge < -0.3 is 29.8 Å². The van der Waals surface area contributed by atoms with Crippen LogP contribution in [0.2, 0.25) is 0 Å². The molecule has 1 aliphatic carbocycles. The zero-order valence-corrected chi connectivity index (χ0v) is 27.8. The number of methoxy groups -OCH3 is 1. The van der Waals surface area contributed by atoms with Crippen LogP contribution in [0.15, 0.2) is 24.3 Å². The van der Waals surface area contributed by atoms with E-state index in [-0.39, 0.29) is 73.0 Å². The van der Waals surface area contributed by atoms with E-state index in [1.165, 1.54) is 7.11 Å². The van der Waals surface area contributed by atoms with Crippen molar-refractivity contribution in [1.29, 1.82) is 0 Å². The summed E-state index contributed by atoms with van der Waals surface area (Å²) in [4.78, 5) is 25.4. The Labute approximate surface area is 270 Å². The van der Waals surface area contributed by atoms with E-state index in [1.807, 2.05) is 0 Å². The van der Waals surface area contributed by atoms with E-state index in [0.29, 0.717) is 24.5 Å². The molecule has 2 aliphatic rings. The number of aliphatic hydroxyl groups excluding tert-OH is 1. The molecule has 1 aliphatic heterocycles. The second-order valence-corrected chi connectivity index (χ2v) is 14.0. The summed E-state index contributed by atoms with van der Waals surface area (Å²) >= 11 is 0. The number of aliphatic hydroxyl groups is 1. The molecule has 0 radical (unpaired) electrons. The second-order valence-electron chi connectivity index (χ2n) is 10.6. The Morgan fingerprint density at radius 3 is 2.29 bits per heavy atom. The fraction of sp³-hybridized carbons (Fsp3) is 0.692. The summed E-state index contributed by atoms with van der Waals surface area (Å²) in [7, 11) is -7.67. The van der Waals surface area contributed by atoms with Gasteiger partial charge in [0.2, 0.25) is 21.8 Å². The Balaban J connectivity index is 0.00000616. The van der Waals surface area contributed by atoms with Gasteiger partial charge in [-0.2, -0.15) is 0 Å². The van der Waals surface area contributed by atoms with Crippen LogP contribution < -0.4 is 54.4 Å². The maximum absolute atomic E-state index is 13.4. The fourth-order valence-electron chi connectivity index (χ4n) is 5.26. The average molecular weight is 642 g/mol. The van der Waals surface area contributed by atoms with Gasteiger partial charge >= 0.3 is 29.6 Å². The van der Waals surface area contributed by atoms with Crippen molar-refractivity contribution < 1.29 is 75.1 Å². The van der Waals surface area contributed by atoms with Crippen LogP contribution in [0.5, 0.6) is 11.5 Å². The smallest absolute Gasteiger partial charge is 0.746 e. The number of rotatable bonds is 16. The summed E-state index contributed by atoms with van der Waals surface area (Å²) in [5.41, 5.74) is -2.50. The topological polar surface area (TPSA) is 200 Å². The minimum absolute atomic E-state index is 0. The molecule has 4 N–H and O–H groups in total. The first-order valence-electron chi connectivity index (χ1n) is 13.9. The molecule has 0 spiro atoms. The molecule has 1 aromatic carbocycles. The van der Waals surface area contributed by atoms with Crippen molar-refractivity contribution in [1.82, 2.24) is 15.4 Å². The first kappa shape index (κ1) is 36.7. The minimum atomic E-state index is -5.24. The zero-order valence-electron chi connectivity index (χ0n) is 24.1. The molecular formula is C26H40N3NaO10S2. The van der Waals surface area contributed by atoms with Crippen LogP contribution in [-0.2, 0) is 29.7 Å². The molecule has 1 unspecified atom stereocenters. The number of hydrogen-bond donors (Lipinski definition) is 4. The third kappa shape index (κ3) is 11.9. The zero-order chi connectivity index (χ0) is 30.0. The van der Waals surface area contributed by atoms with Crippen molar-refractivity contribution in [3.8, 4) is 11.5 Å². The van der Waals surface area contributed by atoms with Gasteiger partial charge in [-0.1, -0.05) is 32.1 Å². The first-order chi connectivity index (χ1) is 19.4. The molecule has 232 valence electrons. The van der Waals surface area contributed by atoms with E-state index in [1.54, 1.807) is 24.3 Å². The Kier molecular flexibility index (Phi) is 15.0. The maximum atomic E-state index is 13.4. The van der Waals surface area contributed by atoms with Gasteiger partial charge in [0.15, 0.2) is 5.44 Å². The van der Waals surface area contributed by atoms with Crippen LogP contribution in [0.1, 0.15) is 57.8 Å². The van der Waals surface area contributed by atoms with E-state index >= 15 is 0 Å². The number of benzene rings is 1. The van der Waals surface area contributed by atoms with Gasteiger partial charge in [0.1, 0.15) is 27.7 Å². The Morgan fingerprint density at radius 1 is 1.07 bits per heavy atom. The van der Waals surface area contributed by atoms with E-state index in [2.05, 4.69) is 15.4 Å². The van der Waals surface area contributed by atoms with Gasteiger partial charge in [0, 0.05) is 12.5 Å². The summed E-state index contributed by atoms with van der Waals surface area (Å²) in [6, 6.07) is 3.96. The first-order valence-corrected chi connectivity index (χ1v) is 17.0. The summed E-state index contributed by atoms with van der Waals surface area (Å²) in [5.74, 6) is -1.03. The van der Waals surface area contributed by atoms with Gasteiger partial charge in [-0.05, 0) is 55.9 Å². The van der Waals surface area contributed by atoms with Gasteiger partial charge in [0.05, 0.1) is 25.5 Å². The number of ether oxygens (including phenoxy) is 2. The number of nitrogens with one attached hydrogen (secondary N) is 3. The number of amides is 2. The SMILES string of the molecule is COc1ccc(OCCCS(=O)(=O)N[C@@H](CC2CCCCC2)C(=O)N[C@@H](C[C@@H]2CCNC2=O)C(O)S(=O)(=O)[O-])cc1.[Na+]. The molecule has 16 heteroatoms. The van der Waals surface area contributed by atoms with Crippen molar-refractivity contribution in [3.05, 3.63) is 24.3 Å². The van der Waals surface area contributed by atoms with Crippen LogP contribution in [0, 0.1) is 11.8 Å². The molecule has 4 atom stereocenters. The van der Waals surface area contributed by atoms with E-state index in [9.17, 15) is 36.1 Å². The Morgan fingerprint density at radius 2 is 1.71 bits per heavy atom. The molecule has 1 saturated carbocycles. The summed E-state index contributed by atoms with van der Waals surface area (Å²) in [6.45, 7) is 0.447. The molecular weight excluding hydrogens is 601 g/mol. The normalized spacial score (nSPS) is 20.1. The van der Waals surface area contributed by atoms with Crippen LogP contribution in [0.25, 0.3) is 0 Å². The molecule has 13 nitrogen and oxygen atoms in total. The second kappa shape index (κ2) is 17.1. The van der Waals surface area contributed by atoms with Crippen molar-refractivity contribution >= 4 is 32.0 Å². The Hall–Kier alpha value is -1.46. The molecule has 2 amide bonds. The molecule has 0 bridgehead atoms. The van der Waals surface area contributed by atoms with Crippen molar-refractivity contribution in [2.75, 3.05) is 26.0 Å². The summed E-state index contributed by atoms with van der Waals surface area (Å²) in [6.07, 6.45) is 4.92. The molecule has 1 aromatic rings. The summed E-state index contributed by atoms with van der Waals surface area (Å²) in [5, 5.41) is 15.2. The van der Waals surface area contributed by atoms with Gasteiger partial charge in [-0.3, -0.25) is 9.59 Å². The molecule has 0 aromatic heterocycles. The van der Waals surface area contributed by atoms with Gasteiger partial charge in [-0.15, -0.1) is 0 Å². The fourth-order valence-corrected chi connectivity index (χ4v) is 7.09. The molecule has 1 heterocycles. The van der Waals surface area contributed by atoms with Crippen molar-refractivity contribution in [3.63, 3.8) is 0 Å². The number of carbonyl (C=O) groups excluding carboxylic acids is 2. The molecule has 2 fully saturated rings. The minimum Gasteiger partial charge on any atom is -0.746 e. The van der Waals surface area contributed by atoms with Gasteiger partial charge in [-0.25, -0.2) is 21.6 Å². The van der Waals surface area contributed by atoms with E-state index in [4.69, 9.17) is 9.47 Å². The standard InChI is InChI=1S/C26H41N3O10S2.Na/c1-38-20-8-10-21(11-9-20)39-14-5-15-40(33,34)29-22(16-18-6-3-2-4-7-18)25(31)28-23(26(32)41(35,36)37)17-19-12-13-27-24(19)30;/h8-11,18-19,22-23,26,29,32H,2-7,12-17H2,1H3,(H,27,30)(H,28,31)(H,35,36,37);/q;+1/p-1/t19-,22-,23-,26?;/m0./s1. The van der Waals surface area contributed by atoms with Crippen LogP contribution in [0.3, 0.4) is 0 Å². The molecule has 3 rings (SSSR count). The summed E-state index contributed by atoms with van der Waals surface area (Å²) < 4.78 is 73.9. The molecule has 42 heavy (non-hydrogen) atoms. The van der Waals surface area contributed by atoms with E-state index < -0.39 is 49.5 Å². The quantitative estimate of drug-likeness (QED) is 0.0857. The van der Waals surface area contributed by atoms with Crippen molar-refractivity contribution in [2.45, 2.75) is 75.3 Å². The van der Waals surface area contributed by atoms with Crippen LogP contribution in [0.4, 0.5) is 0 Å². The predicted molar refractivity (Wildman–Crippen MR) is 148 cm³/mol.